The molecule has 24 heavy (non-hydrogen) atoms. The molecule has 0 spiro atoms. The van der Waals surface area contributed by atoms with Gasteiger partial charge in [0.25, 0.3) is 5.91 Å². The van der Waals surface area contributed by atoms with Crippen LogP contribution in [-0.2, 0) is 6.18 Å². The van der Waals surface area contributed by atoms with Crippen molar-refractivity contribution in [3.63, 3.8) is 0 Å². The number of halogens is 4. The van der Waals surface area contributed by atoms with Crippen LogP contribution in [0.2, 0.25) is 0 Å². The fraction of sp³-hybridized carbons (Fsp3) is 0.333. The zero-order valence-electron chi connectivity index (χ0n) is 13.1. The van der Waals surface area contributed by atoms with Crippen LogP contribution in [-0.4, -0.2) is 40.2 Å². The molecule has 0 saturated carbocycles. The van der Waals surface area contributed by atoms with E-state index in [1.165, 1.54) is 34.0 Å². The Bertz CT molecular complexity index is 702. The highest BCUT2D eigenvalue weighted by Gasteiger charge is 2.30. The SMILES string of the molecule is CC(CN)N(C)C(=O)c1ccn(-c2cccc(C(F)(F)F)c2)n1.Cl. The number of carbonyl (C=O) groups excluding carboxylic acids is 1. The number of hydrogen-bond donors (Lipinski definition) is 1. The van der Waals surface area contributed by atoms with Crippen molar-refractivity contribution in [2.75, 3.05) is 13.6 Å². The summed E-state index contributed by atoms with van der Waals surface area (Å²) in [5, 5.41) is 4.06. The van der Waals surface area contributed by atoms with Gasteiger partial charge in [-0.15, -0.1) is 12.4 Å². The lowest BCUT2D eigenvalue weighted by Crippen LogP contribution is -2.39. The lowest BCUT2D eigenvalue weighted by Gasteiger charge is -2.22. The van der Waals surface area contributed by atoms with Gasteiger partial charge in [0.15, 0.2) is 5.69 Å². The summed E-state index contributed by atoms with van der Waals surface area (Å²) in [5.41, 5.74) is 5.12. The second-order valence-electron chi connectivity index (χ2n) is 5.19. The maximum absolute atomic E-state index is 12.7. The molecule has 1 amide bonds. The van der Waals surface area contributed by atoms with E-state index in [0.29, 0.717) is 6.54 Å². The molecule has 1 unspecified atom stereocenters. The van der Waals surface area contributed by atoms with Crippen molar-refractivity contribution in [1.82, 2.24) is 14.7 Å². The third-order valence-corrected chi connectivity index (χ3v) is 3.57. The van der Waals surface area contributed by atoms with Crippen LogP contribution < -0.4 is 5.73 Å². The number of carbonyl (C=O) groups is 1. The first-order chi connectivity index (χ1) is 10.7. The first-order valence-electron chi connectivity index (χ1n) is 6.94. The number of rotatable bonds is 4. The summed E-state index contributed by atoms with van der Waals surface area (Å²) in [7, 11) is 1.60. The van der Waals surface area contributed by atoms with Crippen LogP contribution in [0.5, 0.6) is 0 Å². The molecule has 0 fully saturated rings. The summed E-state index contributed by atoms with van der Waals surface area (Å²) >= 11 is 0. The fourth-order valence-corrected chi connectivity index (χ4v) is 1.95. The molecule has 1 heterocycles. The summed E-state index contributed by atoms with van der Waals surface area (Å²) in [4.78, 5) is 13.7. The maximum Gasteiger partial charge on any atom is 0.416 e. The number of alkyl halides is 3. The Hall–Kier alpha value is -2.06. The van der Waals surface area contributed by atoms with Crippen molar-refractivity contribution in [1.29, 1.82) is 0 Å². The molecule has 9 heteroatoms. The molecular formula is C15H18ClF3N4O. The van der Waals surface area contributed by atoms with Crippen LogP contribution >= 0.6 is 12.4 Å². The minimum absolute atomic E-state index is 0. The second kappa shape index (κ2) is 7.67. The van der Waals surface area contributed by atoms with Gasteiger partial charge in [0.2, 0.25) is 0 Å². The monoisotopic (exact) mass is 362 g/mol. The number of aromatic nitrogens is 2. The van der Waals surface area contributed by atoms with Crippen molar-refractivity contribution >= 4 is 18.3 Å². The molecule has 1 atom stereocenters. The minimum atomic E-state index is -4.43. The van der Waals surface area contributed by atoms with Crippen molar-refractivity contribution in [3.05, 3.63) is 47.8 Å². The van der Waals surface area contributed by atoms with Gasteiger partial charge in [0.1, 0.15) is 0 Å². The van der Waals surface area contributed by atoms with E-state index in [2.05, 4.69) is 5.10 Å². The van der Waals surface area contributed by atoms with E-state index in [1.807, 2.05) is 0 Å². The Morgan fingerprint density at radius 1 is 1.38 bits per heavy atom. The average molecular weight is 363 g/mol. The lowest BCUT2D eigenvalue weighted by atomic mass is 10.2. The van der Waals surface area contributed by atoms with E-state index >= 15 is 0 Å². The summed E-state index contributed by atoms with van der Waals surface area (Å²) < 4.78 is 39.5. The summed E-state index contributed by atoms with van der Waals surface area (Å²) in [6.45, 7) is 2.10. The summed E-state index contributed by atoms with van der Waals surface area (Å²) in [6.07, 6.45) is -2.98. The van der Waals surface area contributed by atoms with Crippen LogP contribution in [0.4, 0.5) is 13.2 Å². The van der Waals surface area contributed by atoms with E-state index in [0.717, 1.165) is 12.1 Å². The quantitative estimate of drug-likeness (QED) is 0.909. The van der Waals surface area contributed by atoms with Gasteiger partial charge >= 0.3 is 6.18 Å². The predicted molar refractivity (Wildman–Crippen MR) is 86.4 cm³/mol. The van der Waals surface area contributed by atoms with Gasteiger partial charge in [0.05, 0.1) is 11.3 Å². The Balaban J connectivity index is 0.00000288. The van der Waals surface area contributed by atoms with Gasteiger partial charge in [-0.25, -0.2) is 4.68 Å². The molecule has 0 aliphatic carbocycles. The van der Waals surface area contributed by atoms with Crippen LogP contribution in [0, 0.1) is 0 Å². The predicted octanol–water partition coefficient (Wildman–Crippen LogP) is 2.73. The van der Waals surface area contributed by atoms with E-state index in [9.17, 15) is 18.0 Å². The smallest absolute Gasteiger partial charge is 0.336 e. The molecule has 0 aliphatic heterocycles. The van der Waals surface area contributed by atoms with Crippen LogP contribution in [0.3, 0.4) is 0 Å². The molecule has 0 bridgehead atoms. The lowest BCUT2D eigenvalue weighted by molar-refractivity contribution is -0.137. The molecule has 5 nitrogen and oxygen atoms in total. The summed E-state index contributed by atoms with van der Waals surface area (Å²) in [5.74, 6) is -0.339. The second-order valence-corrected chi connectivity index (χ2v) is 5.19. The third kappa shape index (κ3) is 4.27. The molecule has 0 saturated heterocycles. The number of amides is 1. The van der Waals surface area contributed by atoms with Crippen molar-refractivity contribution in [2.45, 2.75) is 19.1 Å². The first-order valence-corrected chi connectivity index (χ1v) is 6.94. The molecule has 132 valence electrons. The van der Waals surface area contributed by atoms with Gasteiger partial charge in [-0.05, 0) is 31.2 Å². The average Bonchev–Trinajstić information content (AvgIpc) is 3.02. The largest absolute Gasteiger partial charge is 0.416 e. The fourth-order valence-electron chi connectivity index (χ4n) is 1.95. The van der Waals surface area contributed by atoms with E-state index in [4.69, 9.17) is 5.73 Å². The normalized spacial score (nSPS) is 12.4. The third-order valence-electron chi connectivity index (χ3n) is 3.57. The number of nitrogens with two attached hydrogens (primary N) is 1. The molecule has 1 aromatic heterocycles. The highest BCUT2D eigenvalue weighted by atomic mass is 35.5. The summed E-state index contributed by atoms with van der Waals surface area (Å²) in [6, 6.07) is 6.04. The maximum atomic E-state index is 12.7. The van der Waals surface area contributed by atoms with E-state index < -0.39 is 11.7 Å². The topological polar surface area (TPSA) is 64.2 Å². The van der Waals surface area contributed by atoms with Gasteiger partial charge in [-0.1, -0.05) is 6.07 Å². The zero-order valence-corrected chi connectivity index (χ0v) is 13.9. The molecule has 1 aromatic carbocycles. The first kappa shape index (κ1) is 20.0. The number of hydrogen-bond acceptors (Lipinski definition) is 3. The van der Waals surface area contributed by atoms with Crippen molar-refractivity contribution < 1.29 is 18.0 Å². The standard InChI is InChI=1S/C15H17F3N4O.ClH/c1-10(9-19)21(2)14(23)13-6-7-22(20-13)12-5-3-4-11(8-12)15(16,17)18;/h3-8,10H,9,19H2,1-2H3;1H. The minimum Gasteiger partial charge on any atom is -0.336 e. The van der Waals surface area contributed by atoms with E-state index in [-0.39, 0.29) is 35.7 Å². The van der Waals surface area contributed by atoms with E-state index in [1.54, 1.807) is 14.0 Å². The van der Waals surface area contributed by atoms with Gasteiger partial charge in [-0.3, -0.25) is 4.79 Å². The molecule has 2 aromatic rings. The highest BCUT2D eigenvalue weighted by molar-refractivity contribution is 5.92. The Labute approximate surface area is 143 Å². The molecule has 0 aliphatic rings. The van der Waals surface area contributed by atoms with Crippen molar-refractivity contribution in [2.24, 2.45) is 5.73 Å². The number of benzene rings is 1. The molecule has 2 rings (SSSR count). The Morgan fingerprint density at radius 2 is 2.04 bits per heavy atom. The van der Waals surface area contributed by atoms with Crippen LogP contribution in [0.15, 0.2) is 36.5 Å². The van der Waals surface area contributed by atoms with Crippen LogP contribution in [0.25, 0.3) is 5.69 Å². The van der Waals surface area contributed by atoms with Gasteiger partial charge < -0.3 is 10.6 Å². The molecular weight excluding hydrogens is 345 g/mol. The van der Waals surface area contributed by atoms with Gasteiger partial charge in [0, 0.05) is 25.8 Å². The van der Waals surface area contributed by atoms with Crippen molar-refractivity contribution in [3.8, 4) is 5.69 Å². The number of likely N-dealkylation sites (N-methyl/N-ethyl adjacent to an activating group) is 1. The Kier molecular flexibility index (Phi) is 6.39. The molecule has 0 radical (unpaired) electrons. The number of nitrogens with zero attached hydrogens (tertiary/aromatic N) is 3. The zero-order chi connectivity index (χ0) is 17.2. The Morgan fingerprint density at radius 3 is 2.62 bits per heavy atom. The highest BCUT2D eigenvalue weighted by Crippen LogP contribution is 2.30. The van der Waals surface area contributed by atoms with Gasteiger partial charge in [-0.2, -0.15) is 18.3 Å². The van der Waals surface area contributed by atoms with Crippen LogP contribution in [0.1, 0.15) is 23.0 Å². The molecule has 2 N–H and O–H groups in total.